The summed E-state index contributed by atoms with van der Waals surface area (Å²) in [5.74, 6) is 1.70. The van der Waals surface area contributed by atoms with Crippen molar-refractivity contribution in [2.45, 2.75) is 24.2 Å². The fourth-order valence-corrected chi connectivity index (χ4v) is 4.33. The van der Waals surface area contributed by atoms with Crippen molar-refractivity contribution in [3.8, 4) is 0 Å². The summed E-state index contributed by atoms with van der Waals surface area (Å²) in [5, 5.41) is 4.24. The molecular weight excluding hydrogens is 274 g/mol. The number of fused-ring (bicyclic) bond motifs is 3. The minimum atomic E-state index is -3.12. The second kappa shape index (κ2) is 4.15. The van der Waals surface area contributed by atoms with Gasteiger partial charge in [-0.3, -0.25) is 0 Å². The molecule has 0 spiro atoms. The molecule has 0 saturated heterocycles. The summed E-state index contributed by atoms with van der Waals surface area (Å²) in [7, 11) is -3.12. The summed E-state index contributed by atoms with van der Waals surface area (Å²) in [6, 6.07) is 3.46. The summed E-state index contributed by atoms with van der Waals surface area (Å²) < 4.78 is 24.0. The summed E-state index contributed by atoms with van der Waals surface area (Å²) in [5.41, 5.74) is 1.69. The second-order valence-electron chi connectivity index (χ2n) is 5.55. The van der Waals surface area contributed by atoms with E-state index in [1.807, 2.05) is 0 Å². The highest BCUT2D eigenvalue weighted by Crippen LogP contribution is 2.35. The molecule has 104 valence electrons. The van der Waals surface area contributed by atoms with E-state index in [1.54, 1.807) is 12.1 Å². The number of rotatable bonds is 3. The van der Waals surface area contributed by atoms with E-state index in [2.05, 4.69) is 15.3 Å². The van der Waals surface area contributed by atoms with Crippen LogP contribution in [0.4, 0.5) is 5.82 Å². The van der Waals surface area contributed by atoms with Crippen molar-refractivity contribution in [3.05, 3.63) is 24.0 Å². The Labute approximate surface area is 117 Å². The van der Waals surface area contributed by atoms with Crippen LogP contribution >= 0.6 is 0 Å². The largest absolute Gasteiger partial charge is 0.369 e. The van der Waals surface area contributed by atoms with Crippen molar-refractivity contribution in [1.82, 2.24) is 9.97 Å². The van der Waals surface area contributed by atoms with Crippen LogP contribution in [0.5, 0.6) is 0 Å². The quantitative estimate of drug-likeness (QED) is 0.932. The predicted octanol–water partition coefficient (Wildman–Crippen LogP) is 1.78. The smallest absolute Gasteiger partial charge is 0.179 e. The van der Waals surface area contributed by atoms with Crippen LogP contribution in [0.15, 0.2) is 23.4 Å². The van der Waals surface area contributed by atoms with Gasteiger partial charge in [0.05, 0.1) is 16.2 Å². The highest BCUT2D eigenvalue weighted by molar-refractivity contribution is 7.91. The van der Waals surface area contributed by atoms with Gasteiger partial charge in [-0.05, 0) is 42.9 Å². The topological polar surface area (TPSA) is 72.0 Å². The molecule has 20 heavy (non-hydrogen) atoms. The normalized spacial score (nSPS) is 20.0. The Morgan fingerprint density at radius 2 is 2.10 bits per heavy atom. The molecule has 1 aromatic heterocycles. The molecule has 0 bridgehead atoms. The molecule has 1 N–H and O–H groups in total. The molecular formula is C14H15N3O2S. The van der Waals surface area contributed by atoms with Crippen LogP contribution in [-0.2, 0) is 16.3 Å². The summed E-state index contributed by atoms with van der Waals surface area (Å²) >= 11 is 0. The van der Waals surface area contributed by atoms with Gasteiger partial charge in [0.25, 0.3) is 0 Å². The minimum absolute atomic E-state index is 0.193. The van der Waals surface area contributed by atoms with Gasteiger partial charge in [0.15, 0.2) is 9.84 Å². The molecule has 4 rings (SSSR count). The number of sulfone groups is 1. The number of aromatic nitrogens is 2. The minimum Gasteiger partial charge on any atom is -0.369 e. The second-order valence-corrected chi connectivity index (χ2v) is 7.63. The molecule has 0 atom stereocenters. The van der Waals surface area contributed by atoms with Crippen LogP contribution in [0.1, 0.15) is 18.4 Å². The Balaban J connectivity index is 1.89. The molecule has 2 heterocycles. The number of nitrogens with zero attached hydrogens (tertiary/aromatic N) is 2. The highest BCUT2D eigenvalue weighted by Gasteiger charge is 2.29. The summed E-state index contributed by atoms with van der Waals surface area (Å²) in [6.07, 6.45) is 4.62. The van der Waals surface area contributed by atoms with Crippen molar-refractivity contribution in [2.75, 3.05) is 17.6 Å². The zero-order valence-electron chi connectivity index (χ0n) is 11.0. The first-order valence-corrected chi connectivity index (χ1v) is 8.53. The number of benzene rings is 1. The molecule has 1 saturated carbocycles. The van der Waals surface area contributed by atoms with E-state index in [9.17, 15) is 8.42 Å². The molecule has 1 fully saturated rings. The predicted molar refractivity (Wildman–Crippen MR) is 76.5 cm³/mol. The molecule has 6 heteroatoms. The SMILES string of the molecule is O=S1(=O)CCc2c1ccc1ncnc(NCC3CC3)c21. The molecule has 1 aromatic carbocycles. The van der Waals surface area contributed by atoms with Crippen molar-refractivity contribution in [1.29, 1.82) is 0 Å². The van der Waals surface area contributed by atoms with E-state index in [-0.39, 0.29) is 5.75 Å². The first-order valence-electron chi connectivity index (χ1n) is 6.88. The van der Waals surface area contributed by atoms with E-state index >= 15 is 0 Å². The van der Waals surface area contributed by atoms with Gasteiger partial charge in [-0.25, -0.2) is 18.4 Å². The van der Waals surface area contributed by atoms with Gasteiger partial charge in [0.2, 0.25) is 0 Å². The third-order valence-corrected chi connectivity index (χ3v) is 5.87. The van der Waals surface area contributed by atoms with Crippen LogP contribution in [0.2, 0.25) is 0 Å². The maximum atomic E-state index is 12.0. The Morgan fingerprint density at radius 1 is 1.25 bits per heavy atom. The lowest BCUT2D eigenvalue weighted by Gasteiger charge is -2.10. The molecule has 1 aliphatic heterocycles. The number of aryl methyl sites for hydroxylation is 1. The number of hydrogen-bond donors (Lipinski definition) is 1. The van der Waals surface area contributed by atoms with Crippen molar-refractivity contribution in [2.24, 2.45) is 5.92 Å². The Bertz CT molecular complexity index is 797. The Hall–Kier alpha value is -1.69. The van der Waals surface area contributed by atoms with E-state index in [0.717, 1.165) is 34.7 Å². The van der Waals surface area contributed by atoms with Crippen molar-refractivity contribution >= 4 is 26.6 Å². The lowest BCUT2D eigenvalue weighted by atomic mass is 10.1. The van der Waals surface area contributed by atoms with E-state index < -0.39 is 9.84 Å². The van der Waals surface area contributed by atoms with Crippen molar-refractivity contribution < 1.29 is 8.42 Å². The standard InChI is InChI=1S/C14H15N3O2S/c18-20(19)6-5-10-12(20)4-3-11-13(10)14(17-8-16-11)15-7-9-1-2-9/h3-4,8-9H,1-2,5-7H2,(H,15,16,17). The van der Waals surface area contributed by atoms with E-state index in [1.165, 1.54) is 19.2 Å². The molecule has 0 radical (unpaired) electrons. The third kappa shape index (κ3) is 1.86. The highest BCUT2D eigenvalue weighted by atomic mass is 32.2. The Kier molecular flexibility index (Phi) is 2.51. The van der Waals surface area contributed by atoms with Crippen LogP contribution in [0.25, 0.3) is 10.9 Å². The van der Waals surface area contributed by atoms with Gasteiger partial charge in [-0.1, -0.05) is 0 Å². The monoisotopic (exact) mass is 289 g/mol. The summed E-state index contributed by atoms with van der Waals surface area (Å²) in [4.78, 5) is 9.03. The molecule has 2 aliphatic rings. The Morgan fingerprint density at radius 3 is 2.90 bits per heavy atom. The number of hydrogen-bond acceptors (Lipinski definition) is 5. The lowest BCUT2D eigenvalue weighted by molar-refractivity contribution is 0.600. The number of nitrogens with one attached hydrogen (secondary N) is 1. The molecule has 5 nitrogen and oxygen atoms in total. The molecule has 0 unspecified atom stereocenters. The van der Waals surface area contributed by atoms with E-state index in [4.69, 9.17) is 0 Å². The van der Waals surface area contributed by atoms with Crippen LogP contribution in [-0.4, -0.2) is 30.7 Å². The number of anilines is 1. The van der Waals surface area contributed by atoms with Gasteiger partial charge < -0.3 is 5.32 Å². The summed E-state index contributed by atoms with van der Waals surface area (Å²) in [6.45, 7) is 0.905. The van der Waals surface area contributed by atoms with Gasteiger partial charge in [0.1, 0.15) is 12.1 Å². The molecule has 0 amide bonds. The average molecular weight is 289 g/mol. The van der Waals surface area contributed by atoms with Gasteiger partial charge in [0, 0.05) is 11.9 Å². The maximum absolute atomic E-state index is 12.0. The van der Waals surface area contributed by atoms with Gasteiger partial charge in [-0.2, -0.15) is 0 Å². The fraction of sp³-hybridized carbons (Fsp3) is 0.429. The maximum Gasteiger partial charge on any atom is 0.179 e. The zero-order chi connectivity index (χ0) is 13.7. The van der Waals surface area contributed by atoms with Crippen LogP contribution in [0, 0.1) is 5.92 Å². The van der Waals surface area contributed by atoms with Gasteiger partial charge >= 0.3 is 0 Å². The zero-order valence-corrected chi connectivity index (χ0v) is 11.8. The van der Waals surface area contributed by atoms with Crippen LogP contribution < -0.4 is 5.32 Å². The molecule has 2 aromatic rings. The van der Waals surface area contributed by atoms with Crippen LogP contribution in [0.3, 0.4) is 0 Å². The first kappa shape index (κ1) is 12.1. The van der Waals surface area contributed by atoms with Crippen molar-refractivity contribution in [3.63, 3.8) is 0 Å². The van der Waals surface area contributed by atoms with Gasteiger partial charge in [-0.15, -0.1) is 0 Å². The average Bonchev–Trinajstić information content (AvgIpc) is 3.21. The fourth-order valence-electron chi connectivity index (χ4n) is 2.78. The lowest BCUT2D eigenvalue weighted by Crippen LogP contribution is -2.07. The first-order chi connectivity index (χ1) is 9.65. The van der Waals surface area contributed by atoms with E-state index in [0.29, 0.717) is 11.3 Å². The molecule has 1 aliphatic carbocycles. The third-order valence-electron chi connectivity index (χ3n) is 4.08.